The maximum atomic E-state index is 12.8. The van der Waals surface area contributed by atoms with Gasteiger partial charge in [-0.3, -0.25) is 9.78 Å². The topological polar surface area (TPSA) is 59.2 Å². The highest BCUT2D eigenvalue weighted by Crippen LogP contribution is 2.27. The van der Waals surface area contributed by atoms with E-state index in [2.05, 4.69) is 16.9 Å². The number of thiazole rings is 1. The average molecular weight is 341 g/mol. The Bertz CT molecular complexity index is 784. The Hall–Kier alpha value is -2.47. The van der Waals surface area contributed by atoms with Crippen molar-refractivity contribution in [2.24, 2.45) is 0 Å². The SMILES string of the molecule is CCCC(c1ccccn1)N(C)C(=O)c1csc(-c2ccco2)n1. The molecule has 0 aliphatic heterocycles. The maximum Gasteiger partial charge on any atom is 0.273 e. The number of hydrogen-bond donors (Lipinski definition) is 0. The Morgan fingerprint density at radius 3 is 2.88 bits per heavy atom. The van der Waals surface area contributed by atoms with E-state index in [-0.39, 0.29) is 11.9 Å². The standard InChI is InChI=1S/C18H19N3O2S/c1-3-7-15(13-8-4-5-10-19-13)21(2)18(22)14-12-24-17(20-14)16-9-6-11-23-16/h4-6,8-12,15H,3,7H2,1-2H3. The van der Waals surface area contributed by atoms with Gasteiger partial charge < -0.3 is 9.32 Å². The van der Waals surface area contributed by atoms with Crippen molar-refractivity contribution in [2.45, 2.75) is 25.8 Å². The van der Waals surface area contributed by atoms with Gasteiger partial charge in [0, 0.05) is 18.6 Å². The summed E-state index contributed by atoms with van der Waals surface area (Å²) in [5.41, 5.74) is 1.34. The summed E-state index contributed by atoms with van der Waals surface area (Å²) in [6, 6.07) is 9.37. The van der Waals surface area contributed by atoms with Crippen molar-refractivity contribution in [2.75, 3.05) is 7.05 Å². The van der Waals surface area contributed by atoms with Gasteiger partial charge in [-0.25, -0.2) is 4.98 Å². The number of carbonyl (C=O) groups is 1. The normalized spacial score (nSPS) is 12.1. The van der Waals surface area contributed by atoms with Crippen LogP contribution < -0.4 is 0 Å². The summed E-state index contributed by atoms with van der Waals surface area (Å²) >= 11 is 1.41. The fraction of sp³-hybridized carbons (Fsp3) is 0.278. The first kappa shape index (κ1) is 16.4. The fourth-order valence-corrected chi connectivity index (χ4v) is 3.35. The minimum Gasteiger partial charge on any atom is -0.462 e. The van der Waals surface area contributed by atoms with Crippen LogP contribution in [0.2, 0.25) is 0 Å². The van der Waals surface area contributed by atoms with E-state index in [1.165, 1.54) is 11.3 Å². The number of nitrogens with zero attached hydrogens (tertiary/aromatic N) is 3. The van der Waals surface area contributed by atoms with Crippen LogP contribution in [0.4, 0.5) is 0 Å². The summed E-state index contributed by atoms with van der Waals surface area (Å²) in [5.74, 6) is 0.574. The van der Waals surface area contributed by atoms with E-state index in [0.717, 1.165) is 18.5 Å². The molecule has 24 heavy (non-hydrogen) atoms. The van der Waals surface area contributed by atoms with Crippen molar-refractivity contribution >= 4 is 17.2 Å². The molecule has 3 aromatic rings. The summed E-state index contributed by atoms with van der Waals surface area (Å²) in [7, 11) is 1.81. The quantitative estimate of drug-likeness (QED) is 0.666. The molecule has 3 rings (SSSR count). The molecular weight excluding hydrogens is 322 g/mol. The second-order valence-electron chi connectivity index (χ2n) is 5.49. The van der Waals surface area contributed by atoms with Crippen LogP contribution in [0.15, 0.2) is 52.6 Å². The van der Waals surface area contributed by atoms with Crippen LogP contribution in [0.1, 0.15) is 42.0 Å². The molecule has 0 aliphatic rings. The largest absolute Gasteiger partial charge is 0.462 e. The third kappa shape index (κ3) is 3.38. The van der Waals surface area contributed by atoms with Gasteiger partial charge in [-0.05, 0) is 30.7 Å². The molecule has 1 atom stereocenters. The molecule has 124 valence electrons. The molecular formula is C18H19N3O2S. The van der Waals surface area contributed by atoms with E-state index in [9.17, 15) is 4.79 Å². The Morgan fingerprint density at radius 1 is 1.33 bits per heavy atom. The minimum atomic E-state index is -0.104. The zero-order valence-electron chi connectivity index (χ0n) is 13.7. The number of carbonyl (C=O) groups excluding carboxylic acids is 1. The second kappa shape index (κ2) is 7.40. The molecule has 6 heteroatoms. The van der Waals surface area contributed by atoms with Gasteiger partial charge in [0.1, 0.15) is 5.69 Å². The van der Waals surface area contributed by atoms with Gasteiger partial charge in [0.2, 0.25) is 0 Å². The first-order valence-corrected chi connectivity index (χ1v) is 8.76. The molecule has 5 nitrogen and oxygen atoms in total. The zero-order chi connectivity index (χ0) is 16.9. The highest BCUT2D eigenvalue weighted by Gasteiger charge is 2.25. The van der Waals surface area contributed by atoms with Gasteiger partial charge in [0.05, 0.1) is 18.0 Å². The number of amides is 1. The lowest BCUT2D eigenvalue weighted by atomic mass is 10.1. The Labute approximate surface area is 145 Å². The number of pyridine rings is 1. The lowest BCUT2D eigenvalue weighted by Crippen LogP contribution is -2.32. The average Bonchev–Trinajstić information content (AvgIpc) is 3.30. The number of aromatic nitrogens is 2. The van der Waals surface area contributed by atoms with Crippen molar-refractivity contribution in [1.82, 2.24) is 14.9 Å². The van der Waals surface area contributed by atoms with E-state index >= 15 is 0 Å². The van der Waals surface area contributed by atoms with Gasteiger partial charge in [-0.1, -0.05) is 19.4 Å². The number of rotatable bonds is 6. The summed E-state index contributed by atoms with van der Waals surface area (Å²) < 4.78 is 5.34. The van der Waals surface area contributed by atoms with Crippen molar-refractivity contribution in [3.63, 3.8) is 0 Å². The molecule has 0 saturated heterocycles. The number of hydrogen-bond acceptors (Lipinski definition) is 5. The predicted octanol–water partition coefficient (Wildman–Crippen LogP) is 4.41. The van der Waals surface area contributed by atoms with Gasteiger partial charge in [-0.15, -0.1) is 11.3 Å². The van der Waals surface area contributed by atoms with Crippen molar-refractivity contribution in [1.29, 1.82) is 0 Å². The molecule has 1 unspecified atom stereocenters. The van der Waals surface area contributed by atoms with Crippen LogP contribution in [0.3, 0.4) is 0 Å². The second-order valence-corrected chi connectivity index (χ2v) is 6.35. The summed E-state index contributed by atoms with van der Waals surface area (Å²) in [5, 5.41) is 2.49. The van der Waals surface area contributed by atoms with E-state index in [1.807, 2.05) is 37.4 Å². The minimum absolute atomic E-state index is 0.0579. The molecule has 0 bridgehead atoms. The van der Waals surface area contributed by atoms with E-state index in [0.29, 0.717) is 16.5 Å². The van der Waals surface area contributed by atoms with E-state index in [1.54, 1.807) is 22.7 Å². The van der Waals surface area contributed by atoms with Crippen LogP contribution >= 0.6 is 11.3 Å². The molecule has 0 fully saturated rings. The molecule has 1 amide bonds. The van der Waals surface area contributed by atoms with Gasteiger partial charge in [0.15, 0.2) is 10.8 Å². The smallest absolute Gasteiger partial charge is 0.273 e. The Balaban J connectivity index is 1.82. The van der Waals surface area contributed by atoms with Crippen molar-refractivity contribution < 1.29 is 9.21 Å². The molecule has 3 aromatic heterocycles. The van der Waals surface area contributed by atoms with Gasteiger partial charge in [0.25, 0.3) is 5.91 Å². The van der Waals surface area contributed by atoms with Crippen LogP contribution in [-0.2, 0) is 0 Å². The molecule has 3 heterocycles. The highest BCUT2D eigenvalue weighted by atomic mass is 32.1. The molecule has 0 radical (unpaired) electrons. The molecule has 0 spiro atoms. The van der Waals surface area contributed by atoms with Gasteiger partial charge >= 0.3 is 0 Å². The fourth-order valence-electron chi connectivity index (χ4n) is 2.59. The first-order valence-electron chi connectivity index (χ1n) is 7.88. The van der Waals surface area contributed by atoms with Crippen LogP contribution in [0.5, 0.6) is 0 Å². The number of furan rings is 1. The summed E-state index contributed by atoms with van der Waals surface area (Å²) in [4.78, 5) is 23.4. The monoisotopic (exact) mass is 341 g/mol. The van der Waals surface area contributed by atoms with Gasteiger partial charge in [-0.2, -0.15) is 0 Å². The van der Waals surface area contributed by atoms with Crippen molar-refractivity contribution in [3.8, 4) is 10.8 Å². The molecule has 0 aromatic carbocycles. The molecule has 0 N–H and O–H groups in total. The lowest BCUT2D eigenvalue weighted by Gasteiger charge is -2.27. The molecule has 0 aliphatic carbocycles. The summed E-state index contributed by atoms with van der Waals surface area (Å²) in [6.07, 6.45) is 5.18. The predicted molar refractivity (Wildman–Crippen MR) is 93.8 cm³/mol. The van der Waals surface area contributed by atoms with Crippen molar-refractivity contribution in [3.05, 3.63) is 59.6 Å². The van der Waals surface area contributed by atoms with E-state index < -0.39 is 0 Å². The lowest BCUT2D eigenvalue weighted by molar-refractivity contribution is 0.0713. The summed E-state index contributed by atoms with van der Waals surface area (Å²) in [6.45, 7) is 2.10. The third-order valence-electron chi connectivity index (χ3n) is 3.83. The van der Waals surface area contributed by atoms with Crippen LogP contribution in [0, 0.1) is 0 Å². The highest BCUT2D eigenvalue weighted by molar-refractivity contribution is 7.13. The Kier molecular flexibility index (Phi) is 5.05. The van der Waals surface area contributed by atoms with Crippen LogP contribution in [-0.4, -0.2) is 27.8 Å². The molecule has 0 saturated carbocycles. The third-order valence-corrected chi connectivity index (χ3v) is 4.69. The maximum absolute atomic E-state index is 12.8. The zero-order valence-corrected chi connectivity index (χ0v) is 14.5. The van der Waals surface area contributed by atoms with E-state index in [4.69, 9.17) is 4.42 Å². The first-order chi connectivity index (χ1) is 11.7. The van der Waals surface area contributed by atoms with Crippen LogP contribution in [0.25, 0.3) is 10.8 Å². The Morgan fingerprint density at radius 2 is 2.21 bits per heavy atom.